The molecule has 0 amide bonds. The standard InChI is InChI=1S/C10H12OS/c11-7-4-8-12-9-10-5-2-1-3-6-10/h1-6,8,11H,7,9H2/b8-4-. The minimum absolute atomic E-state index is 0.127. The van der Waals surface area contributed by atoms with Crippen LogP contribution < -0.4 is 0 Å². The van der Waals surface area contributed by atoms with Crippen LogP contribution in [0, 0.1) is 0 Å². The highest BCUT2D eigenvalue weighted by molar-refractivity contribution is 8.01. The van der Waals surface area contributed by atoms with E-state index in [1.165, 1.54) is 5.56 Å². The van der Waals surface area contributed by atoms with Gasteiger partial charge in [0.1, 0.15) is 0 Å². The first-order valence-electron chi connectivity index (χ1n) is 3.85. The number of thioether (sulfide) groups is 1. The Morgan fingerprint density at radius 1 is 1.25 bits per heavy atom. The van der Waals surface area contributed by atoms with Crippen LogP contribution in [0.3, 0.4) is 0 Å². The Hall–Kier alpha value is -0.730. The molecule has 0 heterocycles. The maximum Gasteiger partial charge on any atom is 0.0620 e. The lowest BCUT2D eigenvalue weighted by Gasteiger charge is -1.95. The van der Waals surface area contributed by atoms with Crippen LogP contribution in [0.5, 0.6) is 0 Å². The molecule has 64 valence electrons. The molecule has 0 spiro atoms. The van der Waals surface area contributed by atoms with Crippen molar-refractivity contribution < 1.29 is 5.11 Å². The van der Waals surface area contributed by atoms with Crippen LogP contribution in [0.15, 0.2) is 41.8 Å². The van der Waals surface area contributed by atoms with E-state index in [1.807, 2.05) is 23.6 Å². The molecule has 0 aliphatic rings. The van der Waals surface area contributed by atoms with Gasteiger partial charge in [0.15, 0.2) is 0 Å². The summed E-state index contributed by atoms with van der Waals surface area (Å²) in [6.07, 6.45) is 1.74. The van der Waals surface area contributed by atoms with Crippen LogP contribution in [0.1, 0.15) is 5.56 Å². The van der Waals surface area contributed by atoms with E-state index in [-0.39, 0.29) is 6.61 Å². The average molecular weight is 180 g/mol. The van der Waals surface area contributed by atoms with Gasteiger partial charge >= 0.3 is 0 Å². The van der Waals surface area contributed by atoms with Gasteiger partial charge in [0.05, 0.1) is 6.61 Å². The van der Waals surface area contributed by atoms with E-state index in [1.54, 1.807) is 17.8 Å². The molecule has 0 fully saturated rings. The Kier molecular flexibility index (Phi) is 4.57. The van der Waals surface area contributed by atoms with Crippen molar-refractivity contribution in [2.24, 2.45) is 0 Å². The molecule has 1 nitrogen and oxygen atoms in total. The third-order valence-corrected chi connectivity index (χ3v) is 2.28. The summed E-state index contributed by atoms with van der Waals surface area (Å²) >= 11 is 1.69. The van der Waals surface area contributed by atoms with Gasteiger partial charge < -0.3 is 5.11 Å². The van der Waals surface area contributed by atoms with Crippen LogP contribution in [0.2, 0.25) is 0 Å². The molecule has 0 aromatic heterocycles. The first-order valence-corrected chi connectivity index (χ1v) is 4.90. The second-order valence-corrected chi connectivity index (χ2v) is 3.25. The highest BCUT2D eigenvalue weighted by Crippen LogP contribution is 2.11. The smallest absolute Gasteiger partial charge is 0.0620 e. The van der Waals surface area contributed by atoms with Crippen LogP contribution in [-0.2, 0) is 5.75 Å². The van der Waals surface area contributed by atoms with E-state index >= 15 is 0 Å². The SMILES string of the molecule is OC/C=C\SCc1ccccc1. The van der Waals surface area contributed by atoms with Gasteiger partial charge in [0.2, 0.25) is 0 Å². The summed E-state index contributed by atoms with van der Waals surface area (Å²) < 4.78 is 0. The Morgan fingerprint density at radius 2 is 2.00 bits per heavy atom. The Balaban J connectivity index is 2.29. The predicted molar refractivity (Wildman–Crippen MR) is 54.0 cm³/mol. The summed E-state index contributed by atoms with van der Waals surface area (Å²) in [6, 6.07) is 10.3. The number of hydrogen-bond acceptors (Lipinski definition) is 2. The van der Waals surface area contributed by atoms with Crippen LogP contribution in [0.25, 0.3) is 0 Å². The maximum absolute atomic E-state index is 8.46. The Morgan fingerprint density at radius 3 is 2.67 bits per heavy atom. The number of aliphatic hydroxyl groups is 1. The molecule has 0 aliphatic carbocycles. The molecule has 0 bridgehead atoms. The lowest BCUT2D eigenvalue weighted by molar-refractivity contribution is 0.343. The fourth-order valence-corrected chi connectivity index (χ4v) is 1.53. The molecule has 0 radical (unpaired) electrons. The molecule has 12 heavy (non-hydrogen) atoms. The fourth-order valence-electron chi connectivity index (χ4n) is 0.830. The van der Waals surface area contributed by atoms with Gasteiger partial charge in [0.25, 0.3) is 0 Å². The van der Waals surface area contributed by atoms with Gasteiger partial charge in [-0.15, -0.1) is 11.8 Å². The van der Waals surface area contributed by atoms with E-state index in [2.05, 4.69) is 12.1 Å². The van der Waals surface area contributed by atoms with E-state index in [9.17, 15) is 0 Å². The summed E-state index contributed by atoms with van der Waals surface area (Å²) in [7, 11) is 0. The van der Waals surface area contributed by atoms with Gasteiger partial charge in [-0.05, 0) is 11.0 Å². The Bertz CT molecular complexity index is 231. The van der Waals surface area contributed by atoms with E-state index in [4.69, 9.17) is 5.11 Å². The lowest BCUT2D eigenvalue weighted by atomic mass is 10.2. The summed E-state index contributed by atoms with van der Waals surface area (Å²) in [5.41, 5.74) is 1.31. The fraction of sp³-hybridized carbons (Fsp3) is 0.200. The van der Waals surface area contributed by atoms with E-state index in [0.717, 1.165) is 5.75 Å². The predicted octanol–water partition coefficient (Wildman–Crippen LogP) is 2.43. The zero-order chi connectivity index (χ0) is 8.65. The van der Waals surface area contributed by atoms with Crippen LogP contribution >= 0.6 is 11.8 Å². The molecule has 0 atom stereocenters. The van der Waals surface area contributed by atoms with Crippen molar-refractivity contribution in [1.82, 2.24) is 0 Å². The third-order valence-electron chi connectivity index (χ3n) is 1.39. The Labute approximate surface area is 77.1 Å². The number of benzene rings is 1. The van der Waals surface area contributed by atoms with Crippen LogP contribution in [0.4, 0.5) is 0 Å². The molecule has 2 heteroatoms. The van der Waals surface area contributed by atoms with Crippen molar-refractivity contribution in [3.63, 3.8) is 0 Å². The summed E-state index contributed by atoms with van der Waals surface area (Å²) in [5.74, 6) is 0.970. The zero-order valence-electron chi connectivity index (χ0n) is 6.81. The van der Waals surface area contributed by atoms with Gasteiger partial charge in [0, 0.05) is 5.75 Å². The highest BCUT2D eigenvalue weighted by atomic mass is 32.2. The average Bonchev–Trinajstić information content (AvgIpc) is 2.14. The van der Waals surface area contributed by atoms with Gasteiger partial charge in [-0.25, -0.2) is 0 Å². The second-order valence-electron chi connectivity index (χ2n) is 2.35. The first-order chi connectivity index (χ1) is 5.93. The quantitative estimate of drug-likeness (QED) is 0.768. The molecule has 0 saturated heterocycles. The molecule has 0 saturated carbocycles. The summed E-state index contributed by atoms with van der Waals surface area (Å²) in [6.45, 7) is 0.127. The number of hydrogen-bond donors (Lipinski definition) is 1. The molecule has 1 aromatic carbocycles. The summed E-state index contributed by atoms with van der Waals surface area (Å²) in [4.78, 5) is 0. The summed E-state index contributed by atoms with van der Waals surface area (Å²) in [5, 5.41) is 10.4. The van der Waals surface area contributed by atoms with Gasteiger partial charge in [-0.1, -0.05) is 36.4 Å². The molecule has 1 rings (SSSR count). The molecular weight excluding hydrogens is 168 g/mol. The first kappa shape index (κ1) is 9.36. The molecular formula is C10H12OS. The zero-order valence-corrected chi connectivity index (χ0v) is 7.63. The van der Waals surface area contributed by atoms with Crippen molar-refractivity contribution in [3.05, 3.63) is 47.4 Å². The third kappa shape index (κ3) is 3.60. The van der Waals surface area contributed by atoms with E-state index in [0.29, 0.717) is 0 Å². The van der Waals surface area contributed by atoms with Crippen molar-refractivity contribution >= 4 is 11.8 Å². The molecule has 0 unspecified atom stereocenters. The molecule has 0 aliphatic heterocycles. The van der Waals surface area contributed by atoms with Crippen LogP contribution in [-0.4, -0.2) is 11.7 Å². The topological polar surface area (TPSA) is 20.2 Å². The van der Waals surface area contributed by atoms with Gasteiger partial charge in [-0.2, -0.15) is 0 Å². The van der Waals surface area contributed by atoms with E-state index < -0.39 is 0 Å². The van der Waals surface area contributed by atoms with Gasteiger partial charge in [-0.3, -0.25) is 0 Å². The number of aliphatic hydroxyl groups excluding tert-OH is 1. The highest BCUT2D eigenvalue weighted by Gasteiger charge is 1.87. The normalized spacial score (nSPS) is 10.8. The second kappa shape index (κ2) is 5.86. The monoisotopic (exact) mass is 180 g/mol. The van der Waals surface area contributed by atoms with Crippen molar-refractivity contribution in [2.45, 2.75) is 5.75 Å². The maximum atomic E-state index is 8.46. The molecule has 1 N–H and O–H groups in total. The largest absolute Gasteiger partial charge is 0.392 e. The van der Waals surface area contributed by atoms with Crippen molar-refractivity contribution in [2.75, 3.05) is 6.61 Å². The minimum atomic E-state index is 0.127. The van der Waals surface area contributed by atoms with Crippen molar-refractivity contribution in [1.29, 1.82) is 0 Å². The number of rotatable bonds is 4. The minimum Gasteiger partial charge on any atom is -0.392 e. The molecule has 1 aromatic rings. The lowest BCUT2D eigenvalue weighted by Crippen LogP contribution is -1.76. The van der Waals surface area contributed by atoms with Crippen molar-refractivity contribution in [3.8, 4) is 0 Å².